The summed E-state index contributed by atoms with van der Waals surface area (Å²) < 4.78 is 10.9. The zero-order valence-electron chi connectivity index (χ0n) is 16.8. The van der Waals surface area contributed by atoms with Gasteiger partial charge in [-0.1, -0.05) is 31.2 Å². The number of esters is 1. The Bertz CT molecular complexity index is 844. The Kier molecular flexibility index (Phi) is 8.20. The molecule has 5 nitrogen and oxygen atoms in total. The quantitative estimate of drug-likeness (QED) is 0.492. The van der Waals surface area contributed by atoms with E-state index in [0.29, 0.717) is 19.6 Å². The summed E-state index contributed by atoms with van der Waals surface area (Å²) in [6.45, 7) is 6.73. The summed E-state index contributed by atoms with van der Waals surface area (Å²) in [5.41, 5.74) is 7.23. The van der Waals surface area contributed by atoms with Crippen LogP contribution in [0.25, 0.3) is 16.8 Å². The number of amides is 1. The summed E-state index contributed by atoms with van der Waals surface area (Å²) in [5, 5.41) is 2.21. The summed E-state index contributed by atoms with van der Waals surface area (Å²) in [7, 11) is 0. The number of ether oxygens (including phenoxy) is 2. The summed E-state index contributed by atoms with van der Waals surface area (Å²) in [4.78, 5) is 22.4. The molecule has 0 aliphatic heterocycles. The number of primary amides is 1. The van der Waals surface area contributed by atoms with Gasteiger partial charge in [0.2, 0.25) is 5.91 Å². The third-order valence-corrected chi connectivity index (χ3v) is 4.79. The Morgan fingerprint density at radius 1 is 1.11 bits per heavy atom. The highest BCUT2D eigenvalue weighted by Crippen LogP contribution is 2.21. The second-order valence-corrected chi connectivity index (χ2v) is 7.02. The summed E-state index contributed by atoms with van der Waals surface area (Å²) in [5.74, 6) is -0.363. The highest BCUT2D eigenvalue weighted by Gasteiger charge is 2.14. The number of carbonyl (C=O) groups excluding carboxylic acids is 2. The van der Waals surface area contributed by atoms with Crippen LogP contribution in [0.2, 0.25) is 0 Å². The first-order valence-corrected chi connectivity index (χ1v) is 9.66. The molecule has 2 aromatic carbocycles. The van der Waals surface area contributed by atoms with Gasteiger partial charge in [-0.3, -0.25) is 4.79 Å². The molecule has 28 heavy (non-hydrogen) atoms. The van der Waals surface area contributed by atoms with Crippen molar-refractivity contribution in [3.63, 3.8) is 0 Å². The summed E-state index contributed by atoms with van der Waals surface area (Å²) in [6, 6.07) is 12.2. The lowest BCUT2D eigenvalue weighted by atomic mass is 10.00. The molecule has 2 rings (SSSR count). The number of hydrogen-bond donors (Lipinski definition) is 1. The molecule has 5 heteroatoms. The molecule has 0 bridgehead atoms. The molecule has 0 radical (unpaired) electrons. The van der Waals surface area contributed by atoms with E-state index >= 15 is 0 Å². The van der Waals surface area contributed by atoms with Crippen molar-refractivity contribution in [3.05, 3.63) is 53.6 Å². The number of hydrogen-bond acceptors (Lipinski definition) is 4. The predicted molar refractivity (Wildman–Crippen MR) is 111 cm³/mol. The van der Waals surface area contributed by atoms with Gasteiger partial charge in [0.25, 0.3) is 0 Å². The normalized spacial score (nSPS) is 13.5. The van der Waals surface area contributed by atoms with Gasteiger partial charge in [-0.15, -0.1) is 0 Å². The van der Waals surface area contributed by atoms with Crippen LogP contribution >= 0.6 is 0 Å². The molecule has 2 atom stereocenters. The average Bonchev–Trinajstić information content (AvgIpc) is 2.68. The second-order valence-electron chi connectivity index (χ2n) is 7.02. The maximum absolute atomic E-state index is 11.5. The van der Waals surface area contributed by atoms with E-state index in [9.17, 15) is 9.59 Å². The lowest BCUT2D eigenvalue weighted by Gasteiger charge is -2.20. The molecule has 0 unspecified atom stereocenters. The minimum Gasteiger partial charge on any atom is -0.463 e. The van der Waals surface area contributed by atoms with Gasteiger partial charge < -0.3 is 15.2 Å². The number of nitrogens with two attached hydrogens (primary N) is 1. The maximum Gasteiger partial charge on any atom is 0.330 e. The van der Waals surface area contributed by atoms with Crippen molar-refractivity contribution in [3.8, 4) is 0 Å². The van der Waals surface area contributed by atoms with Crippen molar-refractivity contribution < 1.29 is 19.1 Å². The highest BCUT2D eigenvalue weighted by atomic mass is 16.5. The van der Waals surface area contributed by atoms with Crippen molar-refractivity contribution >= 4 is 28.7 Å². The molecule has 1 amide bonds. The van der Waals surface area contributed by atoms with Gasteiger partial charge in [0, 0.05) is 12.5 Å². The molecule has 0 heterocycles. The van der Waals surface area contributed by atoms with Gasteiger partial charge in [0.05, 0.1) is 19.3 Å². The second kappa shape index (κ2) is 10.6. The standard InChI is InChI=1S/C23H29NO4/c1-4-27-23(26)12-8-18-6-9-20-10-7-19(14-21(20)13-18)15-28-17(3)16(2)5-11-22(24)25/h6-10,12-14,16-17H,4-5,11,15H2,1-3H3,(H2,24,25)/b12-8+/t16-,17+/m0/s1. The van der Waals surface area contributed by atoms with Crippen molar-refractivity contribution in [2.75, 3.05) is 6.61 Å². The van der Waals surface area contributed by atoms with E-state index < -0.39 is 0 Å². The van der Waals surface area contributed by atoms with Crippen molar-refractivity contribution in [2.45, 2.75) is 46.3 Å². The van der Waals surface area contributed by atoms with Gasteiger partial charge in [-0.25, -0.2) is 4.79 Å². The van der Waals surface area contributed by atoms with E-state index in [0.717, 1.165) is 28.3 Å². The Morgan fingerprint density at radius 2 is 1.86 bits per heavy atom. The van der Waals surface area contributed by atoms with Gasteiger partial charge in [-0.2, -0.15) is 0 Å². The van der Waals surface area contributed by atoms with Crippen molar-refractivity contribution in [1.82, 2.24) is 0 Å². The third kappa shape index (κ3) is 6.82. The van der Waals surface area contributed by atoms with E-state index in [4.69, 9.17) is 15.2 Å². The first-order chi connectivity index (χ1) is 13.4. The van der Waals surface area contributed by atoms with Crippen LogP contribution in [0.3, 0.4) is 0 Å². The lowest BCUT2D eigenvalue weighted by Crippen LogP contribution is -2.20. The van der Waals surface area contributed by atoms with E-state index in [-0.39, 0.29) is 23.9 Å². The van der Waals surface area contributed by atoms with Crippen LogP contribution in [0.4, 0.5) is 0 Å². The van der Waals surface area contributed by atoms with E-state index in [1.54, 1.807) is 13.0 Å². The van der Waals surface area contributed by atoms with E-state index in [1.807, 2.05) is 25.1 Å². The van der Waals surface area contributed by atoms with Crippen molar-refractivity contribution in [1.29, 1.82) is 0 Å². The summed E-state index contributed by atoms with van der Waals surface area (Å²) in [6.07, 6.45) is 4.33. The molecular formula is C23H29NO4. The van der Waals surface area contributed by atoms with Gasteiger partial charge in [0.1, 0.15) is 0 Å². The molecule has 2 N–H and O–H groups in total. The molecule has 2 aromatic rings. The Labute approximate surface area is 166 Å². The van der Waals surface area contributed by atoms with Gasteiger partial charge >= 0.3 is 5.97 Å². The molecular weight excluding hydrogens is 354 g/mol. The molecule has 0 aliphatic rings. The molecule has 0 spiro atoms. The molecule has 0 aliphatic carbocycles. The summed E-state index contributed by atoms with van der Waals surface area (Å²) >= 11 is 0. The predicted octanol–water partition coefficient (Wildman–Crippen LogP) is 4.22. The minimum atomic E-state index is -0.343. The fourth-order valence-corrected chi connectivity index (χ4v) is 2.86. The average molecular weight is 383 g/mol. The SMILES string of the molecule is CCOC(=O)/C=C/c1ccc2ccc(CO[C@H](C)[C@@H](C)CCC(N)=O)cc2c1. The largest absolute Gasteiger partial charge is 0.463 e. The lowest BCUT2D eigenvalue weighted by molar-refractivity contribution is -0.137. The monoisotopic (exact) mass is 383 g/mol. The molecule has 0 saturated heterocycles. The Morgan fingerprint density at radius 3 is 2.57 bits per heavy atom. The van der Waals surface area contributed by atoms with Crippen LogP contribution < -0.4 is 5.73 Å². The van der Waals surface area contributed by atoms with Crippen LogP contribution in [-0.4, -0.2) is 24.6 Å². The topological polar surface area (TPSA) is 78.6 Å². The maximum atomic E-state index is 11.5. The zero-order chi connectivity index (χ0) is 20.5. The minimum absolute atomic E-state index is 0.0360. The Balaban J connectivity index is 2.02. The van der Waals surface area contributed by atoms with Gasteiger partial charge in [0.15, 0.2) is 0 Å². The zero-order valence-corrected chi connectivity index (χ0v) is 16.8. The fourth-order valence-electron chi connectivity index (χ4n) is 2.86. The van der Waals surface area contributed by atoms with Crippen LogP contribution in [0.5, 0.6) is 0 Å². The molecule has 0 fully saturated rings. The smallest absolute Gasteiger partial charge is 0.330 e. The molecule has 0 aromatic heterocycles. The van der Waals surface area contributed by atoms with E-state index in [1.165, 1.54) is 6.08 Å². The van der Waals surface area contributed by atoms with Crippen LogP contribution in [-0.2, 0) is 25.7 Å². The molecule has 0 saturated carbocycles. The van der Waals surface area contributed by atoms with Crippen molar-refractivity contribution in [2.24, 2.45) is 11.7 Å². The van der Waals surface area contributed by atoms with Gasteiger partial charge in [-0.05, 0) is 66.3 Å². The third-order valence-electron chi connectivity index (χ3n) is 4.79. The number of rotatable bonds is 10. The molecule has 150 valence electrons. The first-order valence-electron chi connectivity index (χ1n) is 9.66. The van der Waals surface area contributed by atoms with Crippen LogP contribution in [0, 0.1) is 5.92 Å². The van der Waals surface area contributed by atoms with Crippen LogP contribution in [0.1, 0.15) is 44.7 Å². The number of fused-ring (bicyclic) bond motifs is 1. The van der Waals surface area contributed by atoms with E-state index in [2.05, 4.69) is 25.1 Å². The van der Waals surface area contributed by atoms with Crippen LogP contribution in [0.15, 0.2) is 42.5 Å². The first kappa shape index (κ1) is 21.6. The highest BCUT2D eigenvalue weighted by molar-refractivity contribution is 5.89. The number of carbonyl (C=O) groups is 2. The number of benzene rings is 2. The Hall–Kier alpha value is -2.66. The fraction of sp³-hybridized carbons (Fsp3) is 0.391.